The van der Waals surface area contributed by atoms with Gasteiger partial charge in [0.1, 0.15) is 40.6 Å². The van der Waals surface area contributed by atoms with Crippen LogP contribution in [0, 0.1) is 18.3 Å². The maximum Gasteiger partial charge on any atom is 0.415 e. The van der Waals surface area contributed by atoms with Crippen LogP contribution in [0.5, 0.6) is 17.2 Å². The number of nitrogens with zero attached hydrogens (tertiary/aromatic N) is 4. The Morgan fingerprint density at radius 1 is 0.875 bits per heavy atom. The second-order valence-electron chi connectivity index (χ2n) is 16.2. The first-order chi connectivity index (χ1) is 30.8. The van der Waals surface area contributed by atoms with Gasteiger partial charge in [-0.3, -0.25) is 19.2 Å². The molecule has 1 unspecified atom stereocenters. The highest BCUT2D eigenvalue weighted by Gasteiger charge is 2.68. The second-order valence-corrected chi connectivity index (χ2v) is 17.6. The Kier molecular flexibility index (Phi) is 14.4. The molecule has 2 aliphatic heterocycles. The quantitative estimate of drug-likeness (QED) is 0.0519. The van der Waals surface area contributed by atoms with Gasteiger partial charge in [-0.05, 0) is 87.7 Å². The fourth-order valence-corrected chi connectivity index (χ4v) is 10.3. The summed E-state index contributed by atoms with van der Waals surface area (Å²) in [4.78, 5) is 45.1. The summed E-state index contributed by atoms with van der Waals surface area (Å²) in [6, 6.07) is 34.6. The molecule has 16 heteroatoms. The molecule has 0 saturated carbocycles. The Balaban J connectivity index is 1.44. The first kappa shape index (κ1) is 46.2. The van der Waals surface area contributed by atoms with Crippen molar-refractivity contribution in [2.75, 3.05) is 34.0 Å². The minimum absolute atomic E-state index is 0.0735. The minimum atomic E-state index is -1.95. The highest BCUT2D eigenvalue weighted by atomic mass is 31.2. The van der Waals surface area contributed by atoms with E-state index in [-0.39, 0.29) is 43.8 Å². The molecule has 0 radical (unpaired) electrons. The number of ether oxygens (including phenoxy) is 5. The number of hydrogen-bond donors (Lipinski definition) is 1. The number of aromatic amines is 1. The maximum atomic E-state index is 14.6. The van der Waals surface area contributed by atoms with E-state index in [0.29, 0.717) is 17.2 Å². The van der Waals surface area contributed by atoms with Crippen molar-refractivity contribution in [3.05, 3.63) is 158 Å². The Morgan fingerprint density at radius 3 is 1.98 bits per heavy atom. The van der Waals surface area contributed by atoms with Gasteiger partial charge in [0.15, 0.2) is 6.23 Å². The summed E-state index contributed by atoms with van der Waals surface area (Å²) >= 11 is 0. The highest BCUT2D eigenvalue weighted by molar-refractivity contribution is 7.44. The molecule has 1 amide bonds. The van der Waals surface area contributed by atoms with E-state index >= 15 is 0 Å². The van der Waals surface area contributed by atoms with E-state index in [0.717, 1.165) is 16.7 Å². The van der Waals surface area contributed by atoms with Crippen LogP contribution in [-0.2, 0) is 24.1 Å². The summed E-state index contributed by atoms with van der Waals surface area (Å²) in [5.74, 6) is 1.60. The molecule has 2 aliphatic rings. The topological polar surface area (TPSA) is 167 Å². The molecule has 15 nitrogen and oxygen atoms in total. The number of H-pyrrole nitrogens is 1. The van der Waals surface area contributed by atoms with Gasteiger partial charge < -0.3 is 32.7 Å². The number of carbonyl (C=O) groups is 1. The number of amides is 1. The molecule has 1 aromatic heterocycles. The zero-order valence-electron chi connectivity index (χ0n) is 37.0. The van der Waals surface area contributed by atoms with Crippen molar-refractivity contribution in [1.29, 1.82) is 5.26 Å². The summed E-state index contributed by atoms with van der Waals surface area (Å²) in [5, 5.41) is 9.54. The van der Waals surface area contributed by atoms with Crippen LogP contribution < -0.4 is 25.5 Å². The lowest BCUT2D eigenvalue weighted by Gasteiger charge is -2.42. The zero-order valence-corrected chi connectivity index (χ0v) is 37.9. The lowest BCUT2D eigenvalue weighted by molar-refractivity contribution is -0.173. The predicted octanol–water partition coefficient (Wildman–Crippen LogP) is 7.68. The van der Waals surface area contributed by atoms with Gasteiger partial charge in [0, 0.05) is 23.8 Å². The van der Waals surface area contributed by atoms with Crippen molar-refractivity contribution in [2.24, 2.45) is 0 Å². The number of nitrogens with one attached hydrogen (secondary N) is 1. The molecule has 2 saturated heterocycles. The third-order valence-corrected chi connectivity index (χ3v) is 13.6. The molecule has 5 atom stereocenters. The number of para-hydroxylation sites is 1. The van der Waals surface area contributed by atoms with Crippen molar-refractivity contribution in [3.8, 4) is 23.3 Å². The average molecular weight is 892 g/mol. The molecule has 1 N–H and O–H groups in total. The fraction of sp³-hybridized carbons (Fsp3) is 0.375. The van der Waals surface area contributed by atoms with Gasteiger partial charge >= 0.3 is 11.8 Å². The summed E-state index contributed by atoms with van der Waals surface area (Å²) in [7, 11) is 1.25. The number of likely N-dealkylation sites (tertiary alicyclic amines) is 1. The van der Waals surface area contributed by atoms with Crippen LogP contribution in [0.15, 0.2) is 125 Å². The molecule has 64 heavy (non-hydrogen) atoms. The Morgan fingerprint density at radius 2 is 1.44 bits per heavy atom. The van der Waals surface area contributed by atoms with Crippen molar-refractivity contribution in [1.82, 2.24) is 19.1 Å². The van der Waals surface area contributed by atoms with Crippen LogP contribution >= 0.6 is 8.53 Å². The highest BCUT2D eigenvalue weighted by Crippen LogP contribution is 2.57. The number of fused-ring (bicyclic) bond motifs is 2. The van der Waals surface area contributed by atoms with Crippen molar-refractivity contribution >= 4 is 14.6 Å². The zero-order chi connectivity index (χ0) is 45.6. The first-order valence-corrected chi connectivity index (χ1v) is 22.3. The number of hydrogen-bond acceptors (Lipinski definition) is 12. The van der Waals surface area contributed by atoms with E-state index in [4.69, 9.17) is 32.7 Å². The molecule has 2 bridgehead atoms. The third-order valence-electron chi connectivity index (χ3n) is 11.4. The lowest BCUT2D eigenvalue weighted by atomic mass is 9.79. The van der Waals surface area contributed by atoms with Crippen molar-refractivity contribution in [3.63, 3.8) is 0 Å². The molecule has 0 spiro atoms. The van der Waals surface area contributed by atoms with E-state index in [2.05, 4.69) is 15.7 Å². The average Bonchev–Trinajstić information content (AvgIpc) is 3.77. The Labute approximate surface area is 374 Å². The monoisotopic (exact) mass is 891 g/mol. The third kappa shape index (κ3) is 9.21. The molecule has 2 fully saturated rings. The number of benzene rings is 4. The van der Waals surface area contributed by atoms with E-state index in [1.165, 1.54) is 15.7 Å². The van der Waals surface area contributed by atoms with Gasteiger partial charge in [-0.15, -0.1) is 0 Å². The van der Waals surface area contributed by atoms with Gasteiger partial charge in [0.2, 0.25) is 0 Å². The summed E-state index contributed by atoms with van der Waals surface area (Å²) in [6.45, 7) is 9.45. The second kappa shape index (κ2) is 19.9. The number of rotatable bonds is 18. The molecule has 0 aliphatic carbocycles. The summed E-state index contributed by atoms with van der Waals surface area (Å²) in [6.07, 6.45) is -1.42. The fourth-order valence-electron chi connectivity index (χ4n) is 8.52. The molecule has 7 rings (SSSR count). The van der Waals surface area contributed by atoms with Gasteiger partial charge in [0.05, 0.1) is 46.5 Å². The van der Waals surface area contributed by atoms with Gasteiger partial charge in [-0.25, -0.2) is 14.3 Å². The maximum absolute atomic E-state index is 14.6. The van der Waals surface area contributed by atoms with Gasteiger partial charge in [-0.1, -0.05) is 72.8 Å². The number of nitriles is 1. The molecule has 4 aromatic carbocycles. The summed E-state index contributed by atoms with van der Waals surface area (Å²) < 4.78 is 48.9. The van der Waals surface area contributed by atoms with E-state index in [1.807, 2.05) is 113 Å². The summed E-state index contributed by atoms with van der Waals surface area (Å²) in [5.41, 5.74) is -1.60. The van der Waals surface area contributed by atoms with Gasteiger partial charge in [0.25, 0.3) is 14.1 Å². The van der Waals surface area contributed by atoms with Crippen molar-refractivity contribution < 1.29 is 37.5 Å². The normalized spacial score (nSPS) is 19.8. The molecular formula is C48H54N5O10P. The molecular weight excluding hydrogens is 838 g/mol. The number of carbonyl (C=O) groups excluding carboxylic acids is 1. The van der Waals surface area contributed by atoms with E-state index in [1.54, 1.807) is 45.4 Å². The largest absolute Gasteiger partial charge is 0.497 e. The molecule has 5 aromatic rings. The molecule has 336 valence electrons. The SMILES string of the molecule is COc1ccc(C(OC[C@@]23CN(C(=O)Oc4ccccc4)[C@@H]([C@H](n4cc(C)c(=O)[nH]c4=O)O2)[C@@H]3OP(OCCC#N)N(C(C)C)C(C)C)(c2ccccc2)c2ccc(OC)cc2)cc1. The standard InChI is InChI=1S/C48H54N5O10P/c1-32(2)53(33(3)4)64(60-28-14-27-49)63-42-41-44(51-29-34(5)43(54)50-45(51)55)62-47(42,30-52(41)46(56)61-40-17-12-9-13-18-40)31-59-48(35-15-10-8-11-16-35,36-19-23-38(57-6)24-20-36)37-21-25-39(58-7)26-22-37/h8-13,15-26,29,32-33,41-42,44H,14,28,30-31H2,1-7H3,(H,50,54,55)/t41-,42+,44-,47-,64?/m1/s1. The van der Waals surface area contributed by atoms with Crippen LogP contribution in [0.25, 0.3) is 0 Å². The smallest absolute Gasteiger partial charge is 0.415 e. The van der Waals surface area contributed by atoms with E-state index in [9.17, 15) is 19.6 Å². The number of morpholine rings is 1. The lowest BCUT2D eigenvalue weighted by Crippen LogP contribution is -2.53. The van der Waals surface area contributed by atoms with Crippen LogP contribution in [0.4, 0.5) is 4.79 Å². The van der Waals surface area contributed by atoms with Crippen LogP contribution in [0.3, 0.4) is 0 Å². The number of aryl methyl sites for hydroxylation is 1. The van der Waals surface area contributed by atoms with Crippen LogP contribution in [0.2, 0.25) is 0 Å². The van der Waals surface area contributed by atoms with Crippen molar-refractivity contribution in [2.45, 2.75) is 82.7 Å². The Bertz CT molecular complexity index is 2460. The predicted molar refractivity (Wildman–Crippen MR) is 240 cm³/mol. The van der Waals surface area contributed by atoms with Crippen LogP contribution in [-0.4, -0.2) is 89.0 Å². The first-order valence-electron chi connectivity index (χ1n) is 21.1. The Hall–Kier alpha value is -5.85. The minimum Gasteiger partial charge on any atom is -0.497 e. The number of methoxy groups -OCH3 is 2. The number of aromatic nitrogens is 2. The molecule has 3 heterocycles. The van der Waals surface area contributed by atoms with Gasteiger partial charge in [-0.2, -0.15) is 5.26 Å². The van der Waals surface area contributed by atoms with E-state index < -0.39 is 55.4 Å². The van der Waals surface area contributed by atoms with Crippen LogP contribution in [0.1, 0.15) is 62.6 Å².